The molecule has 178 valence electrons. The number of aliphatic carboxylic acids is 5. The highest BCUT2D eigenvalue weighted by Gasteiger charge is 2.02. The van der Waals surface area contributed by atoms with Gasteiger partial charge in [-0.2, -0.15) is 0 Å². The van der Waals surface area contributed by atoms with E-state index < -0.39 is 36.0 Å². The van der Waals surface area contributed by atoms with E-state index >= 15 is 0 Å². The molecule has 0 aliphatic rings. The molecule has 0 spiro atoms. The Morgan fingerprint density at radius 2 is 0.800 bits per heavy atom. The van der Waals surface area contributed by atoms with Gasteiger partial charge >= 0.3 is 29.8 Å². The molecule has 1 atom stereocenters. The van der Waals surface area contributed by atoms with Crippen LogP contribution in [0.5, 0.6) is 0 Å². The lowest BCUT2D eigenvalue weighted by atomic mass is 10.2. The van der Waals surface area contributed by atoms with Gasteiger partial charge in [0.2, 0.25) is 0 Å². The zero-order chi connectivity index (χ0) is 24.5. The highest BCUT2D eigenvalue weighted by atomic mass is 16.4. The fourth-order valence-electron chi connectivity index (χ4n) is 0.990. The molecule has 0 amide bonds. The molecule has 0 aromatic heterocycles. The average molecular weight is 444 g/mol. The lowest BCUT2D eigenvalue weighted by Crippen LogP contribution is -2.13. The summed E-state index contributed by atoms with van der Waals surface area (Å²) in [6.07, 6.45) is 0.631. The number of carbonyl (C=O) groups is 5. The quantitative estimate of drug-likeness (QED) is 0.183. The van der Waals surface area contributed by atoms with Gasteiger partial charge in [0.1, 0.15) is 6.10 Å². The predicted octanol–water partition coefficient (Wildman–Crippen LogP) is -0.145. The van der Waals surface area contributed by atoms with Crippen LogP contribution in [0.3, 0.4) is 0 Å². The zero-order valence-corrected chi connectivity index (χ0v) is 16.8. The summed E-state index contributed by atoms with van der Waals surface area (Å²) in [6.45, 7) is 1.59. The number of carboxylic acid groups (broad SMARTS) is 5. The number of carboxylic acids is 5. The Morgan fingerprint density at radius 3 is 0.933 bits per heavy atom. The van der Waals surface area contributed by atoms with E-state index in [0.29, 0.717) is 12.8 Å². The highest BCUT2D eigenvalue weighted by Crippen LogP contribution is 1.98. The summed E-state index contributed by atoms with van der Waals surface area (Å²) in [5.41, 5.74) is 0. The molecule has 0 aromatic carbocycles. The van der Waals surface area contributed by atoms with Crippen LogP contribution in [-0.4, -0.2) is 90.0 Å². The summed E-state index contributed by atoms with van der Waals surface area (Å²) in [5, 5.41) is 64.0. The van der Waals surface area contributed by atoms with E-state index in [1.807, 2.05) is 0 Å². The second kappa shape index (κ2) is 26.2. The maximum Gasteiger partial charge on any atom is 0.332 e. The van der Waals surface area contributed by atoms with Crippen LogP contribution in [0.2, 0.25) is 0 Å². The summed E-state index contributed by atoms with van der Waals surface area (Å²) in [7, 11) is 0. The predicted molar refractivity (Wildman–Crippen MR) is 101 cm³/mol. The van der Waals surface area contributed by atoms with Gasteiger partial charge in [0.05, 0.1) is 12.8 Å². The molecule has 8 N–H and O–H groups in total. The first kappa shape index (κ1) is 34.7. The smallest absolute Gasteiger partial charge is 0.332 e. The first-order valence-corrected chi connectivity index (χ1v) is 8.81. The van der Waals surface area contributed by atoms with Crippen molar-refractivity contribution in [2.45, 2.75) is 64.4 Å². The molecule has 0 heterocycles. The van der Waals surface area contributed by atoms with Gasteiger partial charge < -0.3 is 40.9 Å². The van der Waals surface area contributed by atoms with Crippen molar-refractivity contribution in [2.24, 2.45) is 0 Å². The Morgan fingerprint density at radius 1 is 0.567 bits per heavy atom. The number of rotatable bonds is 12. The molecule has 0 rings (SSSR count). The molecule has 13 nitrogen and oxygen atoms in total. The zero-order valence-electron chi connectivity index (χ0n) is 16.8. The molecule has 0 radical (unpaired) electrons. The van der Waals surface area contributed by atoms with Crippen LogP contribution in [0.4, 0.5) is 0 Å². The van der Waals surface area contributed by atoms with Crippen molar-refractivity contribution < 1.29 is 64.8 Å². The molecule has 0 saturated heterocycles. The number of aliphatic hydroxyl groups is 3. The number of hydrogen-bond acceptors (Lipinski definition) is 8. The van der Waals surface area contributed by atoms with Crippen molar-refractivity contribution in [3.05, 3.63) is 0 Å². The molecular formula is C17H32O13. The third kappa shape index (κ3) is 56.2. The normalized spacial score (nSPS) is 9.87. The fourth-order valence-corrected chi connectivity index (χ4v) is 0.990. The molecule has 0 fully saturated rings. The van der Waals surface area contributed by atoms with E-state index in [1.54, 1.807) is 0 Å². The van der Waals surface area contributed by atoms with E-state index in [0.717, 1.165) is 12.8 Å². The largest absolute Gasteiger partial charge is 0.481 e. The molecular weight excluding hydrogens is 412 g/mol. The lowest BCUT2D eigenvalue weighted by Gasteiger charge is -1.92. The van der Waals surface area contributed by atoms with E-state index in [-0.39, 0.29) is 38.9 Å². The number of hydrogen-bond donors (Lipinski definition) is 8. The minimum Gasteiger partial charge on any atom is -0.481 e. The van der Waals surface area contributed by atoms with Crippen LogP contribution < -0.4 is 0 Å². The molecule has 1 unspecified atom stereocenters. The van der Waals surface area contributed by atoms with E-state index in [1.165, 1.54) is 6.92 Å². The van der Waals surface area contributed by atoms with Crippen LogP contribution in [0, 0.1) is 0 Å². The van der Waals surface area contributed by atoms with Gasteiger partial charge in [-0.3, -0.25) is 19.2 Å². The maximum atomic E-state index is 9.90. The van der Waals surface area contributed by atoms with E-state index in [4.69, 9.17) is 40.9 Å². The summed E-state index contributed by atoms with van der Waals surface area (Å²) in [6, 6.07) is 0. The van der Waals surface area contributed by atoms with Crippen LogP contribution in [-0.2, 0) is 24.0 Å². The fraction of sp³-hybridized carbons (Fsp3) is 0.706. The first-order chi connectivity index (χ1) is 13.8. The van der Waals surface area contributed by atoms with Gasteiger partial charge in [0.25, 0.3) is 0 Å². The molecule has 13 heteroatoms. The third-order valence-electron chi connectivity index (χ3n) is 2.51. The van der Waals surface area contributed by atoms with Crippen molar-refractivity contribution in [3.63, 3.8) is 0 Å². The Bertz CT molecular complexity index is 440. The number of aliphatic hydroxyl groups excluding tert-OH is 3. The van der Waals surface area contributed by atoms with Gasteiger partial charge in [0, 0.05) is 26.1 Å². The standard InChI is InChI=1S/C6H10O4.C4H6O4.C4H10O2.C3H6O3/c7-5(8)3-1-2-4-6(9)10;5-3(6)1-2-4(7)8;5-3-1-2-4-6;1-2(4)3(5)6/h1-4H2,(H,7,8)(H,9,10);1-2H2,(H,5,6)(H,7,8);5-6H,1-4H2;2,4H,1H3,(H,5,6). The second-order valence-electron chi connectivity index (χ2n) is 5.45. The van der Waals surface area contributed by atoms with Crippen LogP contribution in [0.25, 0.3) is 0 Å². The summed E-state index contributed by atoms with van der Waals surface area (Å²) in [5.74, 6) is -5.08. The highest BCUT2D eigenvalue weighted by molar-refractivity contribution is 5.75. The molecule has 0 saturated carbocycles. The minimum absolute atomic E-state index is 0.0628. The van der Waals surface area contributed by atoms with E-state index in [9.17, 15) is 24.0 Å². The van der Waals surface area contributed by atoms with Crippen molar-refractivity contribution in [3.8, 4) is 0 Å². The summed E-state index contributed by atoms with van der Waals surface area (Å²) >= 11 is 0. The van der Waals surface area contributed by atoms with Crippen LogP contribution in [0.1, 0.15) is 58.3 Å². The maximum absolute atomic E-state index is 9.90. The van der Waals surface area contributed by atoms with Crippen LogP contribution in [0.15, 0.2) is 0 Å². The van der Waals surface area contributed by atoms with Gasteiger partial charge in [0.15, 0.2) is 0 Å². The van der Waals surface area contributed by atoms with Crippen molar-refractivity contribution in [2.75, 3.05) is 13.2 Å². The van der Waals surface area contributed by atoms with Gasteiger partial charge in [-0.25, -0.2) is 4.79 Å². The monoisotopic (exact) mass is 444 g/mol. The van der Waals surface area contributed by atoms with Crippen molar-refractivity contribution >= 4 is 29.8 Å². The van der Waals surface area contributed by atoms with E-state index in [2.05, 4.69) is 0 Å². The Kier molecular flexibility index (Phi) is 30.4. The Labute approximate surface area is 173 Å². The second-order valence-corrected chi connectivity index (χ2v) is 5.45. The third-order valence-corrected chi connectivity index (χ3v) is 2.51. The molecule has 0 bridgehead atoms. The van der Waals surface area contributed by atoms with Gasteiger partial charge in [-0.15, -0.1) is 0 Å². The molecule has 30 heavy (non-hydrogen) atoms. The topological polar surface area (TPSA) is 247 Å². The van der Waals surface area contributed by atoms with Gasteiger partial charge in [-0.05, 0) is 32.6 Å². The summed E-state index contributed by atoms with van der Waals surface area (Å²) in [4.78, 5) is 48.5. The van der Waals surface area contributed by atoms with Crippen LogP contribution >= 0.6 is 0 Å². The minimum atomic E-state index is -1.23. The average Bonchev–Trinajstić information content (AvgIpc) is 2.63. The lowest BCUT2D eigenvalue weighted by molar-refractivity contribution is -0.145. The number of unbranched alkanes of at least 4 members (excludes halogenated alkanes) is 2. The Hall–Kier alpha value is -2.77. The Balaban J connectivity index is -0.000000154. The molecule has 0 aromatic rings. The molecule has 0 aliphatic carbocycles. The molecule has 0 aliphatic heterocycles. The van der Waals surface area contributed by atoms with Crippen molar-refractivity contribution in [1.82, 2.24) is 0 Å². The SMILES string of the molecule is CC(O)C(=O)O.O=C(O)CCC(=O)O.O=C(O)CCCCC(=O)O.OCCCCO. The van der Waals surface area contributed by atoms with Gasteiger partial charge in [-0.1, -0.05) is 0 Å². The summed E-state index contributed by atoms with van der Waals surface area (Å²) < 4.78 is 0. The van der Waals surface area contributed by atoms with Crippen molar-refractivity contribution in [1.29, 1.82) is 0 Å². The first-order valence-electron chi connectivity index (χ1n) is 8.81.